The molecule has 6 heteroatoms. The second-order valence-electron chi connectivity index (χ2n) is 3.26. The van der Waals surface area contributed by atoms with Crippen molar-refractivity contribution in [2.24, 2.45) is 0 Å². The second-order valence-corrected chi connectivity index (χ2v) is 3.64. The molecule has 0 saturated heterocycles. The van der Waals surface area contributed by atoms with Crippen molar-refractivity contribution in [3.05, 3.63) is 51.4 Å². The summed E-state index contributed by atoms with van der Waals surface area (Å²) in [6.45, 7) is 0. The van der Waals surface area contributed by atoms with Crippen LogP contribution < -0.4 is 5.56 Å². The summed E-state index contributed by atoms with van der Waals surface area (Å²) < 4.78 is 0. The maximum atomic E-state index is 11.6. The van der Waals surface area contributed by atoms with Gasteiger partial charge in [-0.15, -0.1) is 0 Å². The van der Waals surface area contributed by atoms with Gasteiger partial charge in [-0.25, -0.2) is 9.89 Å². The molecular formula is C11H7ClN2O3. The summed E-state index contributed by atoms with van der Waals surface area (Å²) in [5, 5.41) is 14.2. The van der Waals surface area contributed by atoms with Crippen LogP contribution >= 0.6 is 11.6 Å². The number of aromatic carboxylic acids is 1. The SMILES string of the molecule is O=C(O)c1n[nH]c(=O)c(-c2ccccc2)c1Cl. The van der Waals surface area contributed by atoms with Crippen molar-refractivity contribution in [1.29, 1.82) is 0 Å². The predicted octanol–water partition coefficient (Wildman–Crippen LogP) is 1.79. The number of rotatable bonds is 2. The number of benzene rings is 1. The summed E-state index contributed by atoms with van der Waals surface area (Å²) in [5.41, 5.74) is -0.236. The van der Waals surface area contributed by atoms with Crippen LogP contribution in [0, 0.1) is 0 Å². The largest absolute Gasteiger partial charge is 0.476 e. The molecule has 17 heavy (non-hydrogen) atoms. The van der Waals surface area contributed by atoms with Gasteiger partial charge in [-0.1, -0.05) is 41.9 Å². The maximum Gasteiger partial charge on any atom is 0.357 e. The van der Waals surface area contributed by atoms with Gasteiger partial charge in [0.25, 0.3) is 5.56 Å². The third-order valence-electron chi connectivity index (χ3n) is 2.19. The number of carbonyl (C=O) groups is 1. The van der Waals surface area contributed by atoms with Gasteiger partial charge in [0.05, 0.1) is 10.6 Å². The minimum atomic E-state index is -1.29. The van der Waals surface area contributed by atoms with Crippen LogP contribution in [0.2, 0.25) is 5.02 Å². The van der Waals surface area contributed by atoms with E-state index in [0.29, 0.717) is 5.56 Å². The predicted molar refractivity (Wildman–Crippen MR) is 62.3 cm³/mol. The Morgan fingerprint density at radius 2 is 1.94 bits per heavy atom. The lowest BCUT2D eigenvalue weighted by Crippen LogP contribution is -2.16. The van der Waals surface area contributed by atoms with Gasteiger partial charge in [0.15, 0.2) is 5.69 Å². The number of carboxylic acids is 1. The molecule has 0 atom stereocenters. The van der Waals surface area contributed by atoms with Crippen LogP contribution in [0.25, 0.3) is 11.1 Å². The number of H-pyrrole nitrogens is 1. The highest BCUT2D eigenvalue weighted by atomic mass is 35.5. The van der Waals surface area contributed by atoms with E-state index in [1.165, 1.54) is 0 Å². The minimum absolute atomic E-state index is 0.111. The van der Waals surface area contributed by atoms with Gasteiger partial charge in [0.1, 0.15) is 0 Å². The number of nitrogens with zero attached hydrogens (tertiary/aromatic N) is 1. The fraction of sp³-hybridized carbons (Fsp3) is 0. The number of aromatic nitrogens is 2. The monoisotopic (exact) mass is 250 g/mol. The van der Waals surface area contributed by atoms with Crippen molar-refractivity contribution in [3.8, 4) is 11.1 Å². The zero-order valence-corrected chi connectivity index (χ0v) is 9.23. The first kappa shape index (κ1) is 11.3. The van der Waals surface area contributed by atoms with Gasteiger partial charge in [-0.3, -0.25) is 4.79 Å². The molecule has 0 aliphatic rings. The van der Waals surface area contributed by atoms with Crippen LogP contribution in [0.5, 0.6) is 0 Å². The van der Waals surface area contributed by atoms with E-state index in [-0.39, 0.29) is 16.3 Å². The number of halogens is 1. The van der Waals surface area contributed by atoms with Crippen molar-refractivity contribution in [1.82, 2.24) is 10.2 Å². The summed E-state index contributed by atoms with van der Waals surface area (Å²) in [6.07, 6.45) is 0. The Bertz CT molecular complexity index is 622. The molecule has 0 unspecified atom stereocenters. The Labute approximate surface area is 101 Å². The van der Waals surface area contributed by atoms with Crippen molar-refractivity contribution >= 4 is 17.6 Å². The van der Waals surface area contributed by atoms with E-state index in [4.69, 9.17) is 16.7 Å². The lowest BCUT2D eigenvalue weighted by atomic mass is 10.1. The number of hydrogen-bond donors (Lipinski definition) is 2. The standard InChI is InChI=1S/C11H7ClN2O3/c12-8-7(6-4-2-1-3-5-6)10(15)14-13-9(8)11(16)17/h1-5H,(H,14,15)(H,16,17). The number of carboxylic acid groups (broad SMARTS) is 1. The fourth-order valence-electron chi connectivity index (χ4n) is 1.43. The molecule has 0 aliphatic heterocycles. The molecule has 0 bridgehead atoms. The van der Waals surface area contributed by atoms with Crippen LogP contribution in [-0.2, 0) is 0 Å². The first-order valence-electron chi connectivity index (χ1n) is 4.68. The number of nitrogens with one attached hydrogen (secondary N) is 1. The lowest BCUT2D eigenvalue weighted by molar-refractivity contribution is 0.0689. The van der Waals surface area contributed by atoms with Crippen molar-refractivity contribution in [2.75, 3.05) is 0 Å². The Morgan fingerprint density at radius 1 is 1.29 bits per heavy atom. The fourth-order valence-corrected chi connectivity index (χ4v) is 1.75. The zero-order chi connectivity index (χ0) is 12.4. The van der Waals surface area contributed by atoms with Gasteiger partial charge in [-0.2, -0.15) is 5.10 Å². The summed E-state index contributed by atoms with van der Waals surface area (Å²) in [5.74, 6) is -1.29. The molecule has 0 fully saturated rings. The zero-order valence-electron chi connectivity index (χ0n) is 8.48. The molecule has 0 amide bonds. The van der Waals surface area contributed by atoms with E-state index in [1.54, 1.807) is 30.3 Å². The van der Waals surface area contributed by atoms with E-state index >= 15 is 0 Å². The van der Waals surface area contributed by atoms with Gasteiger partial charge in [-0.05, 0) is 5.56 Å². The van der Waals surface area contributed by atoms with Crippen molar-refractivity contribution in [3.63, 3.8) is 0 Å². The highest BCUT2D eigenvalue weighted by Gasteiger charge is 2.18. The molecule has 2 rings (SSSR count). The smallest absolute Gasteiger partial charge is 0.357 e. The van der Waals surface area contributed by atoms with E-state index < -0.39 is 11.5 Å². The Hall–Kier alpha value is -2.14. The highest BCUT2D eigenvalue weighted by Crippen LogP contribution is 2.25. The lowest BCUT2D eigenvalue weighted by Gasteiger charge is -2.04. The van der Waals surface area contributed by atoms with Crippen LogP contribution in [0.3, 0.4) is 0 Å². The molecule has 2 aromatic rings. The first-order valence-corrected chi connectivity index (χ1v) is 5.06. The number of hydrogen-bond acceptors (Lipinski definition) is 3. The average Bonchev–Trinajstić information content (AvgIpc) is 2.30. The minimum Gasteiger partial charge on any atom is -0.476 e. The van der Waals surface area contributed by atoms with Crippen LogP contribution in [0.1, 0.15) is 10.5 Å². The quantitative estimate of drug-likeness (QED) is 0.851. The average molecular weight is 251 g/mol. The molecule has 2 N–H and O–H groups in total. The molecule has 1 heterocycles. The van der Waals surface area contributed by atoms with E-state index in [1.807, 2.05) is 0 Å². The Kier molecular flexibility index (Phi) is 2.93. The molecule has 1 aromatic carbocycles. The molecule has 0 saturated carbocycles. The summed E-state index contributed by atoms with van der Waals surface area (Å²) in [7, 11) is 0. The van der Waals surface area contributed by atoms with E-state index in [9.17, 15) is 9.59 Å². The van der Waals surface area contributed by atoms with Crippen molar-refractivity contribution < 1.29 is 9.90 Å². The Morgan fingerprint density at radius 3 is 2.53 bits per heavy atom. The normalized spacial score (nSPS) is 10.2. The third-order valence-corrected chi connectivity index (χ3v) is 2.56. The summed E-state index contributed by atoms with van der Waals surface area (Å²) >= 11 is 5.88. The molecule has 0 aliphatic carbocycles. The molecule has 0 spiro atoms. The van der Waals surface area contributed by atoms with Gasteiger partial charge >= 0.3 is 5.97 Å². The van der Waals surface area contributed by atoms with Gasteiger partial charge in [0.2, 0.25) is 0 Å². The molecule has 1 aromatic heterocycles. The highest BCUT2D eigenvalue weighted by molar-refractivity contribution is 6.35. The first-order chi connectivity index (χ1) is 8.11. The van der Waals surface area contributed by atoms with E-state index in [0.717, 1.165) is 0 Å². The van der Waals surface area contributed by atoms with Crippen molar-refractivity contribution in [2.45, 2.75) is 0 Å². The van der Waals surface area contributed by atoms with E-state index in [2.05, 4.69) is 10.2 Å². The van der Waals surface area contributed by atoms with Crippen LogP contribution in [0.15, 0.2) is 35.1 Å². The second kappa shape index (κ2) is 4.39. The van der Waals surface area contributed by atoms with Gasteiger partial charge < -0.3 is 5.11 Å². The Balaban J connectivity index is 2.74. The topological polar surface area (TPSA) is 83.0 Å². The molecule has 86 valence electrons. The molecule has 5 nitrogen and oxygen atoms in total. The summed E-state index contributed by atoms with van der Waals surface area (Å²) in [4.78, 5) is 22.5. The molecular weight excluding hydrogens is 244 g/mol. The maximum absolute atomic E-state index is 11.6. The third kappa shape index (κ3) is 2.05. The molecule has 0 radical (unpaired) electrons. The van der Waals surface area contributed by atoms with Crippen LogP contribution in [0.4, 0.5) is 0 Å². The summed E-state index contributed by atoms with van der Waals surface area (Å²) in [6, 6.07) is 8.58. The number of aromatic amines is 1. The van der Waals surface area contributed by atoms with Gasteiger partial charge in [0, 0.05) is 0 Å². The van der Waals surface area contributed by atoms with Crippen LogP contribution in [-0.4, -0.2) is 21.3 Å².